The highest BCUT2D eigenvalue weighted by Gasteiger charge is 2.62. The Labute approximate surface area is 123 Å². The van der Waals surface area contributed by atoms with Gasteiger partial charge in [0.25, 0.3) is 0 Å². The van der Waals surface area contributed by atoms with Crippen LogP contribution < -0.4 is 0 Å². The Kier molecular flexibility index (Phi) is 2.44. The molecule has 2 amide bonds. The van der Waals surface area contributed by atoms with Gasteiger partial charge in [-0.3, -0.25) is 19.3 Å². The van der Waals surface area contributed by atoms with Crippen molar-refractivity contribution in [3.63, 3.8) is 0 Å². The van der Waals surface area contributed by atoms with Gasteiger partial charge in [-0.05, 0) is 25.0 Å². The molecule has 3 aliphatic carbocycles. The molecule has 1 aromatic rings. The first-order valence-electron chi connectivity index (χ1n) is 7.51. The second-order valence-electron chi connectivity index (χ2n) is 6.58. The van der Waals surface area contributed by atoms with Crippen LogP contribution in [0.25, 0.3) is 0 Å². The molecule has 2 fully saturated rings. The minimum absolute atomic E-state index is 0.0861. The predicted molar refractivity (Wildman–Crippen MR) is 75.5 cm³/mol. The highest BCUT2D eigenvalue weighted by atomic mass is 16.2. The van der Waals surface area contributed by atoms with Gasteiger partial charge in [-0.15, -0.1) is 0 Å². The Balaban J connectivity index is 1.91. The molecular weight excluding hydrogens is 266 g/mol. The van der Waals surface area contributed by atoms with E-state index in [9.17, 15) is 14.4 Å². The minimum atomic E-state index is -0.471. The lowest BCUT2D eigenvalue weighted by molar-refractivity contribution is -0.142. The number of carbonyl (C=O) groups excluding carboxylic acids is 3. The molecule has 108 valence electrons. The molecule has 1 aromatic carbocycles. The summed E-state index contributed by atoms with van der Waals surface area (Å²) in [6.45, 7) is 3.70. The van der Waals surface area contributed by atoms with E-state index in [2.05, 4.69) is 0 Å². The highest BCUT2D eigenvalue weighted by molar-refractivity contribution is 6.11. The van der Waals surface area contributed by atoms with Gasteiger partial charge >= 0.3 is 0 Å². The molecule has 4 aliphatic rings. The molecule has 0 radical (unpaired) electrons. The predicted octanol–water partition coefficient (Wildman–Crippen LogP) is 1.85. The Bertz CT molecular complexity index is 678. The lowest BCUT2D eigenvalue weighted by Crippen LogP contribution is -2.44. The summed E-state index contributed by atoms with van der Waals surface area (Å²) >= 11 is 0. The molecule has 5 rings (SSSR count). The van der Waals surface area contributed by atoms with E-state index in [0.717, 1.165) is 11.1 Å². The van der Waals surface area contributed by atoms with E-state index in [-0.39, 0.29) is 35.5 Å². The van der Waals surface area contributed by atoms with Gasteiger partial charge in [0.2, 0.25) is 11.8 Å². The number of carbonyl (C=O) groups is 3. The van der Waals surface area contributed by atoms with Crippen molar-refractivity contribution in [3.8, 4) is 0 Å². The topological polar surface area (TPSA) is 54.5 Å². The second kappa shape index (κ2) is 4.03. The zero-order chi connectivity index (χ0) is 14.9. The fourth-order valence-corrected chi connectivity index (χ4v) is 4.49. The zero-order valence-corrected chi connectivity index (χ0v) is 12.1. The summed E-state index contributed by atoms with van der Waals surface area (Å²) in [5, 5.41) is 0. The molecule has 4 nitrogen and oxygen atoms in total. The van der Waals surface area contributed by atoms with Crippen molar-refractivity contribution in [2.75, 3.05) is 0 Å². The lowest BCUT2D eigenvalue weighted by Gasteiger charge is -2.43. The van der Waals surface area contributed by atoms with Crippen molar-refractivity contribution >= 4 is 17.6 Å². The van der Waals surface area contributed by atoms with Crippen molar-refractivity contribution in [1.29, 1.82) is 0 Å². The Morgan fingerprint density at radius 2 is 1.62 bits per heavy atom. The summed E-state index contributed by atoms with van der Waals surface area (Å²) in [6.07, 6.45) is 0.397. The Hall–Kier alpha value is -1.97. The summed E-state index contributed by atoms with van der Waals surface area (Å²) in [6, 6.07) is 7.65. The van der Waals surface area contributed by atoms with E-state index in [4.69, 9.17) is 0 Å². The number of Topliss-reactive ketones (excluding diaryl/α,β-unsaturated/α-hetero) is 1. The number of likely N-dealkylation sites (tertiary alicyclic amines) is 1. The van der Waals surface area contributed by atoms with Crippen LogP contribution in [0, 0.1) is 11.8 Å². The van der Waals surface area contributed by atoms with E-state index in [1.165, 1.54) is 4.90 Å². The lowest BCUT2D eigenvalue weighted by atomic mass is 9.56. The second-order valence-corrected chi connectivity index (χ2v) is 6.58. The summed E-state index contributed by atoms with van der Waals surface area (Å²) < 4.78 is 0. The Morgan fingerprint density at radius 3 is 2.29 bits per heavy atom. The van der Waals surface area contributed by atoms with E-state index in [1.807, 2.05) is 38.1 Å². The van der Waals surface area contributed by atoms with Crippen LogP contribution in [-0.2, 0) is 14.4 Å². The molecule has 1 heterocycles. The van der Waals surface area contributed by atoms with Crippen LogP contribution in [0.5, 0.6) is 0 Å². The van der Waals surface area contributed by atoms with E-state index >= 15 is 0 Å². The first-order chi connectivity index (χ1) is 10.0. The number of imide groups is 1. The molecule has 0 unspecified atom stereocenters. The number of fused-ring (bicyclic) bond motifs is 1. The van der Waals surface area contributed by atoms with Crippen LogP contribution in [0.4, 0.5) is 0 Å². The van der Waals surface area contributed by atoms with E-state index in [0.29, 0.717) is 6.42 Å². The molecule has 4 atom stereocenters. The number of nitrogens with zero attached hydrogens (tertiary/aromatic N) is 1. The van der Waals surface area contributed by atoms with Crippen LogP contribution >= 0.6 is 0 Å². The van der Waals surface area contributed by atoms with Crippen LogP contribution in [-0.4, -0.2) is 28.5 Å². The average Bonchev–Trinajstić information content (AvgIpc) is 2.72. The van der Waals surface area contributed by atoms with Gasteiger partial charge in [0.15, 0.2) is 0 Å². The van der Waals surface area contributed by atoms with Crippen LogP contribution in [0.3, 0.4) is 0 Å². The number of benzene rings is 1. The third-order valence-corrected chi connectivity index (χ3v) is 5.24. The molecule has 4 heteroatoms. The molecule has 0 N–H and O–H groups in total. The molecule has 1 aliphatic heterocycles. The van der Waals surface area contributed by atoms with Crippen molar-refractivity contribution < 1.29 is 14.4 Å². The fraction of sp³-hybridized carbons (Fsp3) is 0.471. The monoisotopic (exact) mass is 283 g/mol. The first-order valence-corrected chi connectivity index (χ1v) is 7.51. The van der Waals surface area contributed by atoms with Gasteiger partial charge < -0.3 is 0 Å². The van der Waals surface area contributed by atoms with Gasteiger partial charge in [-0.2, -0.15) is 0 Å². The molecule has 1 saturated carbocycles. The van der Waals surface area contributed by atoms with Crippen LogP contribution in [0.15, 0.2) is 24.3 Å². The summed E-state index contributed by atoms with van der Waals surface area (Å²) in [7, 11) is 0. The zero-order valence-electron chi connectivity index (χ0n) is 12.1. The van der Waals surface area contributed by atoms with Gasteiger partial charge in [-0.1, -0.05) is 24.3 Å². The molecular formula is C17H17NO3. The van der Waals surface area contributed by atoms with E-state index < -0.39 is 11.8 Å². The summed E-state index contributed by atoms with van der Waals surface area (Å²) in [5.41, 5.74) is 2.06. The fourth-order valence-electron chi connectivity index (χ4n) is 4.49. The molecule has 1 saturated heterocycles. The average molecular weight is 283 g/mol. The maximum atomic E-state index is 12.7. The SMILES string of the molecule is CC(C)N1C(=O)[C@@H]2[C@H](C1=O)[C@H]1CC(=O)[C@@H]2c2ccccc21. The highest BCUT2D eigenvalue weighted by Crippen LogP contribution is 2.57. The summed E-state index contributed by atoms with van der Waals surface area (Å²) in [4.78, 5) is 39.2. The molecule has 0 spiro atoms. The quantitative estimate of drug-likeness (QED) is 0.739. The van der Waals surface area contributed by atoms with Crippen molar-refractivity contribution in [3.05, 3.63) is 35.4 Å². The van der Waals surface area contributed by atoms with E-state index in [1.54, 1.807) is 0 Å². The standard InChI is InChI=1S/C17H17NO3/c1-8(2)18-16(20)14-11-7-12(19)13(15(14)17(18)21)10-6-4-3-5-9(10)11/h3-6,8,11,13-15H,7H2,1-2H3/t11-,13-,14+,15-/m0/s1. The number of rotatable bonds is 1. The first kappa shape index (κ1) is 12.7. The van der Waals surface area contributed by atoms with Gasteiger partial charge in [0.05, 0.1) is 17.8 Å². The third-order valence-electron chi connectivity index (χ3n) is 5.24. The maximum Gasteiger partial charge on any atom is 0.234 e. The summed E-state index contributed by atoms with van der Waals surface area (Å²) in [5.74, 6) is -1.47. The molecule has 21 heavy (non-hydrogen) atoms. The molecule has 2 bridgehead atoms. The van der Waals surface area contributed by atoms with Crippen molar-refractivity contribution in [1.82, 2.24) is 4.90 Å². The van der Waals surface area contributed by atoms with Gasteiger partial charge in [0.1, 0.15) is 5.78 Å². The third kappa shape index (κ3) is 1.42. The van der Waals surface area contributed by atoms with Crippen LogP contribution in [0.1, 0.15) is 43.2 Å². The smallest absolute Gasteiger partial charge is 0.234 e. The number of amides is 2. The molecule has 0 aromatic heterocycles. The van der Waals surface area contributed by atoms with Crippen molar-refractivity contribution in [2.24, 2.45) is 11.8 Å². The van der Waals surface area contributed by atoms with Crippen molar-refractivity contribution in [2.45, 2.75) is 38.1 Å². The maximum absolute atomic E-state index is 12.7. The number of ketones is 1. The van der Waals surface area contributed by atoms with Gasteiger partial charge in [-0.25, -0.2) is 0 Å². The van der Waals surface area contributed by atoms with Gasteiger partial charge in [0, 0.05) is 18.4 Å². The largest absolute Gasteiger partial charge is 0.299 e. The number of hydrogen-bond donors (Lipinski definition) is 0. The number of hydrogen-bond acceptors (Lipinski definition) is 3. The Morgan fingerprint density at radius 1 is 1.00 bits per heavy atom. The normalized spacial score (nSPS) is 33.7. The van der Waals surface area contributed by atoms with Crippen LogP contribution in [0.2, 0.25) is 0 Å². The minimum Gasteiger partial charge on any atom is -0.299 e.